The third kappa shape index (κ3) is 6.73. The number of Topliss-reactive ketones (excluding diaryl/α,β-unsaturated/α-hetero) is 1. The van der Waals surface area contributed by atoms with Crippen molar-refractivity contribution < 1.29 is 23.5 Å². The smallest absolute Gasteiger partial charge is 0.313 e. The minimum Gasteiger partial charge on any atom is -0.493 e. The fourth-order valence-electron chi connectivity index (χ4n) is 4.12. The monoisotopic (exact) mass is 497 g/mol. The SMILES string of the molecule is CCOC(=O)C(Cc1ccc(OCCc2nc(-c3ccccc3)oc2C)cc1)c1ccc(C(C)=O)cc1. The summed E-state index contributed by atoms with van der Waals surface area (Å²) in [6.45, 7) is 6.01. The summed E-state index contributed by atoms with van der Waals surface area (Å²) in [4.78, 5) is 28.9. The van der Waals surface area contributed by atoms with Crippen molar-refractivity contribution >= 4 is 11.8 Å². The van der Waals surface area contributed by atoms with Crippen molar-refractivity contribution in [1.82, 2.24) is 4.98 Å². The lowest BCUT2D eigenvalue weighted by Gasteiger charge is -2.17. The molecule has 0 aliphatic rings. The molecule has 0 aliphatic carbocycles. The quantitative estimate of drug-likeness (QED) is 0.177. The van der Waals surface area contributed by atoms with Crippen LogP contribution < -0.4 is 4.74 Å². The zero-order valence-electron chi connectivity index (χ0n) is 21.4. The van der Waals surface area contributed by atoms with E-state index in [4.69, 9.17) is 13.9 Å². The van der Waals surface area contributed by atoms with Crippen molar-refractivity contribution in [2.45, 2.75) is 39.5 Å². The van der Waals surface area contributed by atoms with Gasteiger partial charge >= 0.3 is 5.97 Å². The van der Waals surface area contributed by atoms with Crippen molar-refractivity contribution in [3.8, 4) is 17.2 Å². The van der Waals surface area contributed by atoms with Crippen LogP contribution in [0.4, 0.5) is 0 Å². The van der Waals surface area contributed by atoms with Crippen LogP contribution in [0.25, 0.3) is 11.5 Å². The third-order valence-corrected chi connectivity index (χ3v) is 6.17. The molecular weight excluding hydrogens is 466 g/mol. The van der Waals surface area contributed by atoms with Gasteiger partial charge in [-0.3, -0.25) is 9.59 Å². The predicted molar refractivity (Wildman–Crippen MR) is 142 cm³/mol. The van der Waals surface area contributed by atoms with Crippen LogP contribution in [0.3, 0.4) is 0 Å². The summed E-state index contributed by atoms with van der Waals surface area (Å²) >= 11 is 0. The molecule has 190 valence electrons. The van der Waals surface area contributed by atoms with Crippen LogP contribution in [0, 0.1) is 6.92 Å². The Morgan fingerprint density at radius 3 is 2.30 bits per heavy atom. The van der Waals surface area contributed by atoms with E-state index in [9.17, 15) is 9.59 Å². The van der Waals surface area contributed by atoms with Gasteiger partial charge < -0.3 is 13.9 Å². The second-order valence-corrected chi connectivity index (χ2v) is 8.82. The van der Waals surface area contributed by atoms with E-state index in [2.05, 4.69) is 4.98 Å². The number of benzene rings is 3. The molecule has 1 aromatic heterocycles. The van der Waals surface area contributed by atoms with Crippen molar-refractivity contribution in [1.29, 1.82) is 0 Å². The molecule has 1 atom stereocenters. The number of carbonyl (C=O) groups excluding carboxylic acids is 2. The average Bonchev–Trinajstić information content (AvgIpc) is 3.29. The normalized spacial score (nSPS) is 11.6. The first-order valence-electron chi connectivity index (χ1n) is 12.5. The Labute approximate surface area is 217 Å². The van der Waals surface area contributed by atoms with E-state index in [1.165, 1.54) is 6.92 Å². The lowest BCUT2D eigenvalue weighted by atomic mass is 9.91. The average molecular weight is 498 g/mol. The van der Waals surface area contributed by atoms with Gasteiger partial charge in [0.15, 0.2) is 5.78 Å². The molecule has 37 heavy (non-hydrogen) atoms. The number of hydrogen-bond acceptors (Lipinski definition) is 6. The summed E-state index contributed by atoms with van der Waals surface area (Å²) in [5.74, 6) is 1.40. The van der Waals surface area contributed by atoms with Crippen LogP contribution in [0.5, 0.6) is 5.75 Å². The number of aryl methyl sites for hydroxylation is 1. The molecular formula is C31H31NO5. The molecule has 1 unspecified atom stereocenters. The van der Waals surface area contributed by atoms with Crippen LogP contribution >= 0.6 is 0 Å². The van der Waals surface area contributed by atoms with Crippen molar-refractivity contribution in [3.63, 3.8) is 0 Å². The van der Waals surface area contributed by atoms with Gasteiger partial charge in [0.2, 0.25) is 5.89 Å². The Balaban J connectivity index is 1.37. The largest absolute Gasteiger partial charge is 0.493 e. The van der Waals surface area contributed by atoms with Gasteiger partial charge in [0.05, 0.1) is 24.8 Å². The second kappa shape index (κ2) is 12.2. The maximum Gasteiger partial charge on any atom is 0.313 e. The molecule has 0 amide bonds. The van der Waals surface area contributed by atoms with Gasteiger partial charge in [-0.05, 0) is 62.6 Å². The number of aromatic nitrogens is 1. The fourth-order valence-corrected chi connectivity index (χ4v) is 4.12. The molecule has 0 aliphatic heterocycles. The van der Waals surface area contributed by atoms with Gasteiger partial charge in [-0.25, -0.2) is 4.98 Å². The number of rotatable bonds is 11. The van der Waals surface area contributed by atoms with Gasteiger partial charge in [0.1, 0.15) is 11.5 Å². The Morgan fingerprint density at radius 1 is 0.946 bits per heavy atom. The number of carbonyl (C=O) groups is 2. The standard InChI is InChI=1S/C31H31NO5/c1-4-35-31(34)28(25-14-12-24(13-15-25)21(2)33)20-23-10-16-27(17-11-23)36-19-18-29-22(3)37-30(32-29)26-8-6-5-7-9-26/h5-17,28H,4,18-20H2,1-3H3. The highest BCUT2D eigenvalue weighted by molar-refractivity contribution is 5.94. The molecule has 4 rings (SSSR count). The second-order valence-electron chi connectivity index (χ2n) is 8.82. The van der Waals surface area contributed by atoms with Crippen LogP contribution in [-0.2, 0) is 22.4 Å². The van der Waals surface area contributed by atoms with Gasteiger partial charge in [0, 0.05) is 17.5 Å². The van der Waals surface area contributed by atoms with Crippen LogP contribution in [0.15, 0.2) is 83.3 Å². The maximum absolute atomic E-state index is 12.7. The van der Waals surface area contributed by atoms with Crippen LogP contribution in [-0.4, -0.2) is 30.0 Å². The molecule has 4 aromatic rings. The van der Waals surface area contributed by atoms with Gasteiger partial charge in [-0.15, -0.1) is 0 Å². The highest BCUT2D eigenvalue weighted by Gasteiger charge is 2.23. The molecule has 0 spiro atoms. The number of oxazole rings is 1. The van der Waals surface area contributed by atoms with E-state index in [1.54, 1.807) is 19.1 Å². The molecule has 0 bridgehead atoms. The summed E-state index contributed by atoms with van der Waals surface area (Å²) in [5.41, 5.74) is 4.25. The Bertz CT molecular complexity index is 1320. The molecule has 0 saturated heterocycles. The lowest BCUT2D eigenvalue weighted by molar-refractivity contribution is -0.144. The molecule has 6 nitrogen and oxygen atoms in total. The first kappa shape index (κ1) is 25.9. The summed E-state index contributed by atoms with van der Waals surface area (Å²) in [5, 5.41) is 0. The predicted octanol–water partition coefficient (Wildman–Crippen LogP) is 6.36. The van der Waals surface area contributed by atoms with E-state index in [-0.39, 0.29) is 11.8 Å². The Hall–Kier alpha value is -4.19. The fraction of sp³-hybridized carbons (Fsp3) is 0.258. The van der Waals surface area contributed by atoms with Crippen molar-refractivity contribution in [3.05, 3.63) is 107 Å². The summed E-state index contributed by atoms with van der Waals surface area (Å²) in [6, 6.07) is 24.7. The van der Waals surface area contributed by atoms with Gasteiger partial charge in [-0.1, -0.05) is 54.6 Å². The number of nitrogens with zero attached hydrogens (tertiary/aromatic N) is 1. The highest BCUT2D eigenvalue weighted by atomic mass is 16.5. The lowest BCUT2D eigenvalue weighted by Crippen LogP contribution is -2.18. The van der Waals surface area contributed by atoms with E-state index in [0.29, 0.717) is 37.5 Å². The number of hydrogen-bond donors (Lipinski definition) is 0. The van der Waals surface area contributed by atoms with E-state index < -0.39 is 5.92 Å². The Kier molecular flexibility index (Phi) is 8.52. The first-order valence-corrected chi connectivity index (χ1v) is 12.5. The molecule has 1 heterocycles. The minimum absolute atomic E-state index is 0.00910. The molecule has 3 aromatic carbocycles. The maximum atomic E-state index is 12.7. The molecule has 0 fully saturated rings. The number of ketones is 1. The summed E-state index contributed by atoms with van der Waals surface area (Å²) in [7, 11) is 0. The van der Waals surface area contributed by atoms with Gasteiger partial charge in [0.25, 0.3) is 0 Å². The molecule has 0 radical (unpaired) electrons. The van der Waals surface area contributed by atoms with E-state index in [0.717, 1.165) is 33.9 Å². The number of esters is 1. The summed E-state index contributed by atoms with van der Waals surface area (Å²) in [6.07, 6.45) is 1.12. The zero-order valence-corrected chi connectivity index (χ0v) is 21.4. The van der Waals surface area contributed by atoms with E-state index in [1.807, 2.05) is 73.7 Å². The molecule has 0 saturated carbocycles. The summed E-state index contributed by atoms with van der Waals surface area (Å²) < 4.78 is 17.1. The van der Waals surface area contributed by atoms with Crippen LogP contribution in [0.1, 0.15) is 52.7 Å². The number of ether oxygens (including phenoxy) is 2. The molecule has 0 N–H and O–H groups in total. The first-order chi connectivity index (χ1) is 17.9. The zero-order chi connectivity index (χ0) is 26.2. The molecule has 6 heteroatoms. The highest BCUT2D eigenvalue weighted by Crippen LogP contribution is 2.25. The van der Waals surface area contributed by atoms with Crippen molar-refractivity contribution in [2.75, 3.05) is 13.2 Å². The Morgan fingerprint density at radius 2 is 1.65 bits per heavy atom. The third-order valence-electron chi connectivity index (χ3n) is 6.17. The van der Waals surface area contributed by atoms with Crippen LogP contribution in [0.2, 0.25) is 0 Å². The topological polar surface area (TPSA) is 78.6 Å². The van der Waals surface area contributed by atoms with Gasteiger partial charge in [-0.2, -0.15) is 0 Å². The van der Waals surface area contributed by atoms with E-state index >= 15 is 0 Å². The minimum atomic E-state index is -0.457. The van der Waals surface area contributed by atoms with Crippen molar-refractivity contribution in [2.24, 2.45) is 0 Å².